The summed E-state index contributed by atoms with van der Waals surface area (Å²) in [7, 11) is 0.674. The highest BCUT2D eigenvalue weighted by Crippen LogP contribution is 2.56. The Bertz CT molecular complexity index is 661. The maximum absolute atomic E-state index is 2.46. The molecule has 6 rings (SSSR count). The topological polar surface area (TPSA) is 0 Å². The SMILES string of the molecule is CC1CCC2C(C1)[S+]1c3ccccc3[S+]2c2ccccc21. The molecular formula is C19H20S2+2. The molecule has 2 aromatic rings. The van der Waals surface area contributed by atoms with Crippen LogP contribution in [-0.4, -0.2) is 10.5 Å². The van der Waals surface area contributed by atoms with Crippen LogP contribution >= 0.6 is 0 Å². The molecule has 21 heavy (non-hydrogen) atoms. The molecule has 106 valence electrons. The standard InChI is InChI=1S/C19H20S2/c1-13-10-11-18-19(12-13)21-16-8-4-2-6-14(16)20(18)15-7-3-5-9-17(15)21/h2-9,13,18-19H,10-12H2,1H3/q+2. The van der Waals surface area contributed by atoms with E-state index in [2.05, 4.69) is 55.5 Å². The Morgan fingerprint density at radius 3 is 1.71 bits per heavy atom. The second kappa shape index (κ2) is 4.57. The summed E-state index contributed by atoms with van der Waals surface area (Å²) in [6.45, 7) is 2.46. The van der Waals surface area contributed by atoms with Crippen molar-refractivity contribution >= 4 is 21.8 Å². The van der Waals surface area contributed by atoms with Gasteiger partial charge in [0.1, 0.15) is 0 Å². The highest BCUT2D eigenvalue weighted by Gasteiger charge is 2.65. The first-order valence-corrected chi connectivity index (χ1v) is 10.6. The van der Waals surface area contributed by atoms with E-state index in [1.165, 1.54) is 19.3 Å². The van der Waals surface area contributed by atoms with Crippen LogP contribution in [0.25, 0.3) is 0 Å². The number of hydrogen-bond acceptors (Lipinski definition) is 0. The molecule has 1 aliphatic carbocycles. The monoisotopic (exact) mass is 312 g/mol. The highest BCUT2D eigenvalue weighted by atomic mass is 32.2. The first-order chi connectivity index (χ1) is 10.3. The fourth-order valence-corrected chi connectivity index (χ4v) is 11.6. The minimum atomic E-state index is 0.334. The van der Waals surface area contributed by atoms with Gasteiger partial charge in [-0.3, -0.25) is 0 Å². The summed E-state index contributed by atoms with van der Waals surface area (Å²) in [5, 5.41) is 1.84. The van der Waals surface area contributed by atoms with Gasteiger partial charge in [0, 0.05) is 12.8 Å². The second-order valence-corrected chi connectivity index (χ2v) is 10.9. The van der Waals surface area contributed by atoms with E-state index in [9.17, 15) is 0 Å². The molecule has 4 aliphatic rings. The Balaban J connectivity index is 1.78. The van der Waals surface area contributed by atoms with Gasteiger partial charge in [-0.1, -0.05) is 31.2 Å². The summed E-state index contributed by atoms with van der Waals surface area (Å²) in [4.78, 5) is 6.70. The summed E-state index contributed by atoms with van der Waals surface area (Å²) >= 11 is 0. The van der Waals surface area contributed by atoms with Gasteiger partial charge in [0.05, 0.1) is 21.8 Å². The van der Waals surface area contributed by atoms with E-state index >= 15 is 0 Å². The molecule has 0 N–H and O–H groups in total. The number of rotatable bonds is 0. The summed E-state index contributed by atoms with van der Waals surface area (Å²) in [5.74, 6) is 0.919. The summed E-state index contributed by atoms with van der Waals surface area (Å²) in [6, 6.07) is 18.7. The third kappa shape index (κ3) is 1.66. The van der Waals surface area contributed by atoms with Crippen molar-refractivity contribution in [2.45, 2.75) is 56.3 Å². The molecule has 0 radical (unpaired) electrons. The second-order valence-electron chi connectivity index (χ2n) is 6.56. The third-order valence-electron chi connectivity index (χ3n) is 5.24. The molecule has 3 heterocycles. The highest BCUT2D eigenvalue weighted by molar-refractivity contribution is 8.06. The van der Waals surface area contributed by atoms with E-state index in [0.29, 0.717) is 21.8 Å². The Labute approximate surface area is 132 Å². The van der Waals surface area contributed by atoms with E-state index in [4.69, 9.17) is 0 Å². The van der Waals surface area contributed by atoms with Gasteiger partial charge in [0.25, 0.3) is 0 Å². The predicted molar refractivity (Wildman–Crippen MR) is 91.3 cm³/mol. The molecular weight excluding hydrogens is 292 g/mol. The van der Waals surface area contributed by atoms with Crippen LogP contribution in [0.5, 0.6) is 0 Å². The van der Waals surface area contributed by atoms with Crippen molar-refractivity contribution in [3.8, 4) is 0 Å². The molecule has 3 atom stereocenters. The Kier molecular flexibility index (Phi) is 2.75. The third-order valence-corrected chi connectivity index (χ3v) is 11.3. The van der Waals surface area contributed by atoms with Crippen LogP contribution in [-0.2, 0) is 21.8 Å². The first kappa shape index (κ1) is 12.7. The molecule has 2 heteroatoms. The van der Waals surface area contributed by atoms with Crippen LogP contribution in [0.3, 0.4) is 0 Å². The van der Waals surface area contributed by atoms with Crippen molar-refractivity contribution in [1.29, 1.82) is 0 Å². The molecule has 0 nitrogen and oxygen atoms in total. The van der Waals surface area contributed by atoms with Gasteiger partial charge in [0.15, 0.2) is 10.5 Å². The average Bonchev–Trinajstić information content (AvgIpc) is 2.54. The zero-order valence-corrected chi connectivity index (χ0v) is 13.9. The van der Waals surface area contributed by atoms with Gasteiger partial charge in [-0.15, -0.1) is 0 Å². The van der Waals surface area contributed by atoms with Gasteiger partial charge in [-0.25, -0.2) is 0 Å². The van der Waals surface area contributed by atoms with Gasteiger partial charge in [0.2, 0.25) is 19.6 Å². The smallest absolute Gasteiger partial charge is 0.0623 e. The van der Waals surface area contributed by atoms with Crippen LogP contribution in [0.15, 0.2) is 68.1 Å². The molecule has 2 aromatic carbocycles. The Morgan fingerprint density at radius 1 is 0.714 bits per heavy atom. The molecule has 0 saturated heterocycles. The van der Waals surface area contributed by atoms with Crippen molar-refractivity contribution in [2.75, 3.05) is 0 Å². The van der Waals surface area contributed by atoms with Gasteiger partial charge in [-0.2, -0.15) is 0 Å². The lowest BCUT2D eigenvalue weighted by Gasteiger charge is -2.39. The minimum absolute atomic E-state index is 0.334. The molecule has 1 saturated carbocycles. The molecule has 2 bridgehead atoms. The lowest BCUT2D eigenvalue weighted by molar-refractivity contribution is 0.394. The van der Waals surface area contributed by atoms with Crippen molar-refractivity contribution < 1.29 is 0 Å². The van der Waals surface area contributed by atoms with Crippen LogP contribution < -0.4 is 0 Å². The minimum Gasteiger partial charge on any atom is -0.0623 e. The van der Waals surface area contributed by atoms with Crippen LogP contribution in [0, 0.1) is 5.92 Å². The predicted octanol–water partition coefficient (Wildman–Crippen LogP) is 4.64. The fraction of sp³-hybridized carbons (Fsp3) is 0.368. The largest absolute Gasteiger partial charge is 0.216 e. The van der Waals surface area contributed by atoms with E-state index in [0.717, 1.165) is 16.4 Å². The van der Waals surface area contributed by atoms with Crippen molar-refractivity contribution in [3.63, 3.8) is 0 Å². The summed E-state index contributed by atoms with van der Waals surface area (Å²) in [6.07, 6.45) is 4.33. The van der Waals surface area contributed by atoms with Crippen LogP contribution in [0.2, 0.25) is 0 Å². The van der Waals surface area contributed by atoms with E-state index in [-0.39, 0.29) is 0 Å². The van der Waals surface area contributed by atoms with Gasteiger partial charge >= 0.3 is 0 Å². The molecule has 0 spiro atoms. The zero-order valence-electron chi connectivity index (χ0n) is 12.3. The van der Waals surface area contributed by atoms with E-state index in [1.807, 2.05) is 0 Å². The van der Waals surface area contributed by atoms with Crippen LogP contribution in [0.4, 0.5) is 0 Å². The fourth-order valence-electron chi connectivity index (χ4n) is 4.33. The Hall–Kier alpha value is -0.860. The molecule has 0 amide bonds. The van der Waals surface area contributed by atoms with Crippen molar-refractivity contribution in [2.24, 2.45) is 5.92 Å². The normalized spacial score (nSPS) is 35.8. The van der Waals surface area contributed by atoms with Crippen molar-refractivity contribution in [1.82, 2.24) is 0 Å². The number of benzene rings is 2. The molecule has 0 aromatic heterocycles. The van der Waals surface area contributed by atoms with E-state index in [1.54, 1.807) is 19.6 Å². The average molecular weight is 313 g/mol. The maximum Gasteiger partial charge on any atom is 0.216 e. The molecule has 3 unspecified atom stereocenters. The maximum atomic E-state index is 2.46. The Morgan fingerprint density at radius 2 is 1.19 bits per heavy atom. The van der Waals surface area contributed by atoms with E-state index < -0.39 is 0 Å². The summed E-state index contributed by atoms with van der Waals surface area (Å²) < 4.78 is 0. The van der Waals surface area contributed by atoms with Gasteiger partial charge < -0.3 is 0 Å². The lowest BCUT2D eigenvalue weighted by atomic mass is 9.90. The quantitative estimate of drug-likeness (QED) is 0.622. The van der Waals surface area contributed by atoms with Crippen molar-refractivity contribution in [3.05, 3.63) is 48.5 Å². The lowest BCUT2D eigenvalue weighted by Crippen LogP contribution is -2.51. The number of hydrogen-bond donors (Lipinski definition) is 0. The summed E-state index contributed by atoms with van der Waals surface area (Å²) in [5.41, 5.74) is 0. The first-order valence-electron chi connectivity index (χ1n) is 7.99. The molecule has 3 aliphatic heterocycles. The zero-order chi connectivity index (χ0) is 14.0. The molecule has 1 fully saturated rings. The van der Waals surface area contributed by atoms with Gasteiger partial charge in [-0.05, 0) is 36.6 Å². The van der Waals surface area contributed by atoms with Crippen LogP contribution in [0.1, 0.15) is 26.2 Å².